The van der Waals surface area contributed by atoms with Crippen LogP contribution in [0.4, 0.5) is 0 Å². The number of benzene rings is 1. The molecule has 1 saturated heterocycles. The monoisotopic (exact) mass is 428 g/mol. The standard InChI is InChI=1S/C24H36N4OS/c1-16-6-8-17(9-7-16)15-26-23(29)19-12-10-18(11-13-19)14-25-22-20-4-2-3-5-21(20)27-24(30)28-22/h6-9,18-22,25H,2-5,10-15H2,1H3,(H,26,29)(H2,27,28,30). The van der Waals surface area contributed by atoms with Gasteiger partial charge < -0.3 is 16.0 Å². The third-order valence-corrected chi connectivity index (χ3v) is 7.52. The average Bonchev–Trinajstić information content (AvgIpc) is 2.77. The molecule has 0 radical (unpaired) electrons. The van der Waals surface area contributed by atoms with Crippen LogP contribution in [0.2, 0.25) is 0 Å². The molecule has 1 heterocycles. The first-order valence-corrected chi connectivity index (χ1v) is 12.1. The summed E-state index contributed by atoms with van der Waals surface area (Å²) in [6.07, 6.45) is 9.65. The van der Waals surface area contributed by atoms with Gasteiger partial charge in [-0.1, -0.05) is 42.7 Å². The lowest BCUT2D eigenvalue weighted by Crippen LogP contribution is -2.65. The Morgan fingerprint density at radius 1 is 1.03 bits per heavy atom. The molecule has 2 saturated carbocycles. The Kier molecular flexibility index (Phi) is 7.26. The van der Waals surface area contributed by atoms with Gasteiger partial charge in [-0.05, 0) is 75.7 Å². The minimum atomic E-state index is 0.166. The number of nitrogens with one attached hydrogen (secondary N) is 4. The lowest BCUT2D eigenvalue weighted by atomic mass is 9.80. The zero-order valence-corrected chi connectivity index (χ0v) is 18.9. The van der Waals surface area contributed by atoms with Crippen molar-refractivity contribution in [2.24, 2.45) is 17.8 Å². The van der Waals surface area contributed by atoms with Crippen LogP contribution in [0.1, 0.15) is 62.5 Å². The van der Waals surface area contributed by atoms with E-state index in [1.54, 1.807) is 0 Å². The minimum absolute atomic E-state index is 0.166. The van der Waals surface area contributed by atoms with Gasteiger partial charge >= 0.3 is 0 Å². The van der Waals surface area contributed by atoms with Crippen molar-refractivity contribution in [2.75, 3.05) is 6.54 Å². The van der Waals surface area contributed by atoms with Crippen molar-refractivity contribution in [1.82, 2.24) is 21.3 Å². The van der Waals surface area contributed by atoms with Crippen molar-refractivity contribution >= 4 is 23.2 Å². The number of thiocarbonyl (C=S) groups is 1. The van der Waals surface area contributed by atoms with Crippen LogP contribution in [0.15, 0.2) is 24.3 Å². The quantitative estimate of drug-likeness (QED) is 0.523. The summed E-state index contributed by atoms with van der Waals surface area (Å²) < 4.78 is 0. The Morgan fingerprint density at radius 3 is 2.53 bits per heavy atom. The molecule has 30 heavy (non-hydrogen) atoms. The van der Waals surface area contributed by atoms with E-state index in [-0.39, 0.29) is 11.8 Å². The maximum atomic E-state index is 12.6. The molecule has 6 heteroatoms. The molecule has 1 aliphatic heterocycles. The molecule has 0 bridgehead atoms. The SMILES string of the molecule is Cc1ccc(CNC(=O)C2CCC(CNC3NC(=S)NC4CCCCC43)CC2)cc1. The molecule has 1 aromatic carbocycles. The smallest absolute Gasteiger partial charge is 0.223 e. The van der Waals surface area contributed by atoms with Crippen molar-refractivity contribution in [1.29, 1.82) is 0 Å². The van der Waals surface area contributed by atoms with Crippen molar-refractivity contribution in [2.45, 2.75) is 77.0 Å². The first-order valence-electron chi connectivity index (χ1n) is 11.7. The summed E-state index contributed by atoms with van der Waals surface area (Å²) in [5.74, 6) is 1.66. The summed E-state index contributed by atoms with van der Waals surface area (Å²) in [5.41, 5.74) is 2.41. The van der Waals surface area contributed by atoms with Gasteiger partial charge in [-0.25, -0.2) is 0 Å². The first kappa shape index (κ1) is 21.6. The van der Waals surface area contributed by atoms with E-state index in [1.807, 2.05) is 0 Å². The first-order chi connectivity index (χ1) is 14.6. The number of hydrogen-bond acceptors (Lipinski definition) is 3. The zero-order chi connectivity index (χ0) is 20.9. The maximum Gasteiger partial charge on any atom is 0.223 e. The Labute approximate surface area is 186 Å². The Morgan fingerprint density at radius 2 is 1.77 bits per heavy atom. The van der Waals surface area contributed by atoms with Gasteiger partial charge in [0.05, 0.1) is 6.17 Å². The van der Waals surface area contributed by atoms with Crippen molar-refractivity contribution in [3.63, 3.8) is 0 Å². The van der Waals surface area contributed by atoms with Crippen molar-refractivity contribution in [3.05, 3.63) is 35.4 Å². The van der Waals surface area contributed by atoms with E-state index in [0.717, 1.165) is 37.3 Å². The van der Waals surface area contributed by atoms with Crippen LogP contribution in [0, 0.1) is 24.7 Å². The van der Waals surface area contributed by atoms with E-state index >= 15 is 0 Å². The third kappa shape index (κ3) is 5.52. The van der Waals surface area contributed by atoms with E-state index in [0.29, 0.717) is 30.6 Å². The summed E-state index contributed by atoms with van der Waals surface area (Å²) in [5, 5.41) is 14.6. The number of fused-ring (bicyclic) bond motifs is 1. The van der Waals surface area contributed by atoms with E-state index in [1.165, 1.54) is 36.8 Å². The second kappa shape index (κ2) is 10.1. The van der Waals surface area contributed by atoms with Crippen LogP contribution in [0.3, 0.4) is 0 Å². The van der Waals surface area contributed by atoms with Crippen LogP contribution in [-0.2, 0) is 11.3 Å². The largest absolute Gasteiger partial charge is 0.360 e. The highest BCUT2D eigenvalue weighted by molar-refractivity contribution is 7.80. The number of aryl methyl sites for hydroxylation is 1. The molecule has 5 nitrogen and oxygen atoms in total. The van der Waals surface area contributed by atoms with E-state index in [9.17, 15) is 4.79 Å². The molecular formula is C24H36N4OS. The number of carbonyl (C=O) groups is 1. The van der Waals surface area contributed by atoms with Gasteiger partial charge in [0.1, 0.15) is 0 Å². The maximum absolute atomic E-state index is 12.6. The fourth-order valence-corrected chi connectivity index (χ4v) is 5.64. The highest BCUT2D eigenvalue weighted by Crippen LogP contribution is 2.31. The molecule has 1 aromatic rings. The van der Waals surface area contributed by atoms with Gasteiger partial charge in [-0.3, -0.25) is 10.1 Å². The summed E-state index contributed by atoms with van der Waals surface area (Å²) >= 11 is 5.43. The highest BCUT2D eigenvalue weighted by Gasteiger charge is 2.36. The van der Waals surface area contributed by atoms with Crippen molar-refractivity contribution in [3.8, 4) is 0 Å². The zero-order valence-electron chi connectivity index (χ0n) is 18.1. The summed E-state index contributed by atoms with van der Waals surface area (Å²) in [4.78, 5) is 12.6. The Hall–Kier alpha value is -1.66. The number of amides is 1. The third-order valence-electron chi connectivity index (χ3n) is 7.28. The van der Waals surface area contributed by atoms with Crippen molar-refractivity contribution < 1.29 is 4.79 Å². The van der Waals surface area contributed by atoms with E-state index in [2.05, 4.69) is 52.5 Å². The predicted octanol–water partition coefficient (Wildman–Crippen LogP) is 3.37. The lowest BCUT2D eigenvalue weighted by Gasteiger charge is -2.44. The molecule has 3 unspecified atom stereocenters. The number of carbonyl (C=O) groups excluding carboxylic acids is 1. The molecule has 0 aromatic heterocycles. The Balaban J connectivity index is 1.18. The molecule has 3 atom stereocenters. The molecule has 3 fully saturated rings. The molecule has 164 valence electrons. The molecular weight excluding hydrogens is 392 g/mol. The fourth-order valence-electron chi connectivity index (χ4n) is 5.36. The van der Waals surface area contributed by atoms with Crippen LogP contribution in [-0.4, -0.2) is 29.8 Å². The van der Waals surface area contributed by atoms with Gasteiger partial charge in [-0.15, -0.1) is 0 Å². The predicted molar refractivity (Wildman–Crippen MR) is 125 cm³/mol. The molecule has 4 N–H and O–H groups in total. The number of hydrogen-bond donors (Lipinski definition) is 4. The molecule has 0 spiro atoms. The van der Waals surface area contributed by atoms with Crippen LogP contribution >= 0.6 is 12.2 Å². The highest BCUT2D eigenvalue weighted by atomic mass is 32.1. The van der Waals surface area contributed by atoms with Gasteiger partial charge in [0.2, 0.25) is 5.91 Å². The normalized spacial score (nSPS) is 31.2. The van der Waals surface area contributed by atoms with Crippen LogP contribution in [0.5, 0.6) is 0 Å². The molecule has 4 rings (SSSR count). The van der Waals surface area contributed by atoms with Gasteiger partial charge in [0, 0.05) is 24.4 Å². The number of rotatable bonds is 6. The van der Waals surface area contributed by atoms with Crippen LogP contribution in [0.25, 0.3) is 0 Å². The topological polar surface area (TPSA) is 65.2 Å². The summed E-state index contributed by atoms with van der Waals surface area (Å²) in [7, 11) is 0. The average molecular weight is 429 g/mol. The minimum Gasteiger partial charge on any atom is -0.360 e. The van der Waals surface area contributed by atoms with E-state index in [4.69, 9.17) is 12.2 Å². The summed E-state index contributed by atoms with van der Waals surface area (Å²) in [6.45, 7) is 3.73. The second-order valence-corrected chi connectivity index (χ2v) is 9.89. The molecule has 2 aliphatic carbocycles. The molecule has 1 amide bonds. The van der Waals surface area contributed by atoms with Crippen LogP contribution < -0.4 is 21.3 Å². The molecule has 3 aliphatic rings. The Bertz CT molecular complexity index is 729. The van der Waals surface area contributed by atoms with Gasteiger partial charge in [0.15, 0.2) is 5.11 Å². The van der Waals surface area contributed by atoms with E-state index < -0.39 is 0 Å². The fraction of sp³-hybridized carbons (Fsp3) is 0.667. The summed E-state index contributed by atoms with van der Waals surface area (Å²) in [6, 6.07) is 8.90. The van der Waals surface area contributed by atoms with Gasteiger partial charge in [-0.2, -0.15) is 0 Å². The second-order valence-electron chi connectivity index (χ2n) is 9.48. The lowest BCUT2D eigenvalue weighted by molar-refractivity contribution is -0.126. The van der Waals surface area contributed by atoms with Gasteiger partial charge in [0.25, 0.3) is 0 Å².